The topological polar surface area (TPSA) is 17.1 Å². The van der Waals surface area contributed by atoms with Crippen molar-refractivity contribution in [2.45, 2.75) is 107 Å². The number of fused-ring (bicyclic) bond motifs is 1. The van der Waals surface area contributed by atoms with Gasteiger partial charge in [0.2, 0.25) is 0 Å². The number of allylic oxidation sites excluding steroid dienone is 2. The molecule has 146 valence electrons. The van der Waals surface area contributed by atoms with Crippen LogP contribution in [0.1, 0.15) is 107 Å². The summed E-state index contributed by atoms with van der Waals surface area (Å²) in [6, 6.07) is 0. The predicted molar refractivity (Wildman–Crippen MR) is 111 cm³/mol. The molecule has 0 amide bonds. The fraction of sp³-hybridized carbons (Fsp3) is 0.875. The molecule has 25 heavy (non-hydrogen) atoms. The number of hydrogen-bond donors (Lipinski definition) is 0. The lowest BCUT2D eigenvalue weighted by atomic mass is 9.54. The van der Waals surface area contributed by atoms with Crippen LogP contribution in [-0.4, -0.2) is 5.78 Å². The minimum absolute atomic E-state index is 0.301. The Hall–Kier alpha value is -0.590. The van der Waals surface area contributed by atoms with Crippen molar-refractivity contribution >= 4 is 5.78 Å². The SMILES string of the molecule is CC.CC.CCC1=CC(=O)CCC1(C)C1CCC2(C)C(C)CCC2C1. The maximum Gasteiger partial charge on any atom is 0.155 e. The molecule has 0 radical (unpaired) electrons. The second kappa shape index (κ2) is 9.38. The van der Waals surface area contributed by atoms with Gasteiger partial charge in [0.05, 0.1) is 0 Å². The first-order chi connectivity index (χ1) is 11.9. The molecule has 3 aliphatic rings. The molecule has 5 unspecified atom stereocenters. The summed E-state index contributed by atoms with van der Waals surface area (Å²) in [7, 11) is 0. The van der Waals surface area contributed by atoms with Gasteiger partial charge in [-0.15, -0.1) is 0 Å². The zero-order valence-electron chi connectivity index (χ0n) is 18.4. The first-order valence-electron chi connectivity index (χ1n) is 11.1. The van der Waals surface area contributed by atoms with Crippen molar-refractivity contribution in [1.29, 1.82) is 0 Å². The van der Waals surface area contributed by atoms with Crippen molar-refractivity contribution in [2.24, 2.45) is 28.6 Å². The van der Waals surface area contributed by atoms with Gasteiger partial charge in [0.15, 0.2) is 5.78 Å². The zero-order chi connectivity index (χ0) is 19.3. The second-order valence-electron chi connectivity index (χ2n) is 8.56. The van der Waals surface area contributed by atoms with Crippen molar-refractivity contribution in [1.82, 2.24) is 0 Å². The number of rotatable bonds is 2. The summed E-state index contributed by atoms with van der Waals surface area (Å²) < 4.78 is 0. The quantitative estimate of drug-likeness (QED) is 0.502. The van der Waals surface area contributed by atoms with Gasteiger partial charge in [0, 0.05) is 6.42 Å². The highest BCUT2D eigenvalue weighted by molar-refractivity contribution is 5.91. The van der Waals surface area contributed by atoms with Crippen molar-refractivity contribution in [2.75, 3.05) is 0 Å². The van der Waals surface area contributed by atoms with Gasteiger partial charge >= 0.3 is 0 Å². The Labute approximate surface area is 158 Å². The van der Waals surface area contributed by atoms with E-state index in [0.717, 1.165) is 37.0 Å². The van der Waals surface area contributed by atoms with Crippen molar-refractivity contribution < 1.29 is 4.79 Å². The third-order valence-electron chi connectivity index (χ3n) is 7.85. The maximum absolute atomic E-state index is 11.8. The molecule has 1 heteroatoms. The predicted octanol–water partition coefficient (Wildman–Crippen LogP) is 7.60. The van der Waals surface area contributed by atoms with Crippen LogP contribution in [0.4, 0.5) is 0 Å². The number of carbonyl (C=O) groups excluding carboxylic acids is 1. The minimum Gasteiger partial charge on any atom is -0.295 e. The minimum atomic E-state index is 0.301. The van der Waals surface area contributed by atoms with Crippen LogP contribution in [0.5, 0.6) is 0 Å². The van der Waals surface area contributed by atoms with E-state index in [0.29, 0.717) is 16.6 Å². The average molecular weight is 349 g/mol. The monoisotopic (exact) mass is 348 g/mol. The molecule has 0 saturated heterocycles. The first-order valence-corrected chi connectivity index (χ1v) is 11.1. The van der Waals surface area contributed by atoms with Gasteiger partial charge in [0.25, 0.3) is 0 Å². The van der Waals surface area contributed by atoms with E-state index in [1.165, 1.54) is 37.7 Å². The Morgan fingerprint density at radius 1 is 1.00 bits per heavy atom. The first kappa shape index (κ1) is 22.5. The molecule has 0 aromatic rings. The number of ketones is 1. The molecule has 3 aliphatic carbocycles. The molecule has 0 N–H and O–H groups in total. The van der Waals surface area contributed by atoms with Crippen LogP contribution in [0.2, 0.25) is 0 Å². The molecule has 5 atom stereocenters. The van der Waals surface area contributed by atoms with Crippen LogP contribution >= 0.6 is 0 Å². The summed E-state index contributed by atoms with van der Waals surface area (Å²) in [4.78, 5) is 11.8. The Kier molecular flexibility index (Phi) is 8.42. The van der Waals surface area contributed by atoms with Gasteiger partial charge in [0.1, 0.15) is 0 Å². The van der Waals surface area contributed by atoms with Gasteiger partial charge in [-0.2, -0.15) is 0 Å². The lowest BCUT2D eigenvalue weighted by Crippen LogP contribution is -2.41. The van der Waals surface area contributed by atoms with E-state index in [2.05, 4.69) is 27.7 Å². The van der Waals surface area contributed by atoms with E-state index in [1.807, 2.05) is 33.8 Å². The van der Waals surface area contributed by atoms with Gasteiger partial charge in [-0.1, -0.05) is 61.0 Å². The Bertz CT molecular complexity index is 463. The molecule has 0 spiro atoms. The Balaban J connectivity index is 0.000000730. The van der Waals surface area contributed by atoms with Crippen molar-refractivity contribution in [3.8, 4) is 0 Å². The van der Waals surface area contributed by atoms with Crippen LogP contribution in [0, 0.1) is 28.6 Å². The smallest absolute Gasteiger partial charge is 0.155 e. The van der Waals surface area contributed by atoms with Gasteiger partial charge < -0.3 is 0 Å². The zero-order valence-corrected chi connectivity index (χ0v) is 18.4. The van der Waals surface area contributed by atoms with Crippen molar-refractivity contribution in [3.63, 3.8) is 0 Å². The summed E-state index contributed by atoms with van der Waals surface area (Å²) in [5.41, 5.74) is 2.35. The third kappa shape index (κ3) is 4.22. The molecule has 0 aromatic carbocycles. The Morgan fingerprint density at radius 2 is 1.64 bits per heavy atom. The summed E-state index contributed by atoms with van der Waals surface area (Å²) in [6.45, 7) is 17.7. The van der Waals surface area contributed by atoms with Crippen LogP contribution in [0.3, 0.4) is 0 Å². The molecular weight excluding hydrogens is 304 g/mol. The van der Waals surface area contributed by atoms with E-state index in [1.54, 1.807) is 0 Å². The molecule has 3 rings (SSSR count). The normalized spacial score (nSPS) is 40.1. The second-order valence-corrected chi connectivity index (χ2v) is 8.56. The molecule has 0 heterocycles. The Morgan fingerprint density at radius 3 is 2.24 bits per heavy atom. The van der Waals surface area contributed by atoms with E-state index in [-0.39, 0.29) is 0 Å². The summed E-state index contributed by atoms with van der Waals surface area (Å²) in [6.07, 6.45) is 12.0. The molecular formula is C24H44O. The fourth-order valence-corrected chi connectivity index (χ4v) is 5.82. The highest BCUT2D eigenvalue weighted by atomic mass is 16.1. The van der Waals surface area contributed by atoms with E-state index in [9.17, 15) is 4.79 Å². The largest absolute Gasteiger partial charge is 0.295 e. The van der Waals surface area contributed by atoms with Gasteiger partial charge in [-0.3, -0.25) is 4.79 Å². The number of hydrogen-bond acceptors (Lipinski definition) is 1. The standard InChI is InChI=1S/C20H32O.2C2H6/c1-5-15-13-18(21)9-11-20(15,4)17-8-10-19(3)14(2)6-7-16(19)12-17;2*1-2/h13-14,16-17H,5-12H2,1-4H3;2*1-2H3. The molecule has 2 fully saturated rings. The van der Waals surface area contributed by atoms with E-state index < -0.39 is 0 Å². The van der Waals surface area contributed by atoms with Gasteiger partial charge in [-0.25, -0.2) is 0 Å². The highest BCUT2D eigenvalue weighted by Crippen LogP contribution is 2.60. The van der Waals surface area contributed by atoms with Crippen LogP contribution in [0.15, 0.2) is 11.6 Å². The van der Waals surface area contributed by atoms with Crippen molar-refractivity contribution in [3.05, 3.63) is 11.6 Å². The maximum atomic E-state index is 11.8. The van der Waals surface area contributed by atoms with Crippen LogP contribution in [-0.2, 0) is 4.79 Å². The molecule has 0 aliphatic heterocycles. The summed E-state index contributed by atoms with van der Waals surface area (Å²) >= 11 is 0. The molecule has 1 nitrogen and oxygen atoms in total. The fourth-order valence-electron chi connectivity index (χ4n) is 5.82. The van der Waals surface area contributed by atoms with E-state index in [4.69, 9.17) is 0 Å². The molecule has 0 aromatic heterocycles. The summed E-state index contributed by atoms with van der Waals surface area (Å²) in [5, 5.41) is 0. The molecule has 0 bridgehead atoms. The lowest BCUT2D eigenvalue weighted by Gasteiger charge is -2.50. The van der Waals surface area contributed by atoms with Crippen LogP contribution < -0.4 is 0 Å². The van der Waals surface area contributed by atoms with Gasteiger partial charge in [-0.05, 0) is 79.6 Å². The number of carbonyl (C=O) groups is 1. The summed E-state index contributed by atoms with van der Waals surface area (Å²) in [5.74, 6) is 3.00. The highest BCUT2D eigenvalue weighted by Gasteiger charge is 2.51. The molecule has 2 saturated carbocycles. The van der Waals surface area contributed by atoms with Crippen LogP contribution in [0.25, 0.3) is 0 Å². The lowest BCUT2D eigenvalue weighted by molar-refractivity contribution is -0.116. The average Bonchev–Trinajstić information content (AvgIpc) is 2.95. The van der Waals surface area contributed by atoms with E-state index >= 15 is 0 Å². The third-order valence-corrected chi connectivity index (χ3v) is 7.85.